The highest BCUT2D eigenvalue weighted by Gasteiger charge is 2.24. The van der Waals surface area contributed by atoms with Crippen molar-refractivity contribution >= 4 is 16.9 Å². The third kappa shape index (κ3) is 2.49. The van der Waals surface area contributed by atoms with Crippen molar-refractivity contribution in [1.29, 1.82) is 0 Å². The molecule has 0 aliphatic heterocycles. The first-order valence-corrected chi connectivity index (χ1v) is 6.70. The minimum atomic E-state index is -2.88. The van der Waals surface area contributed by atoms with Gasteiger partial charge in [0.2, 0.25) is 5.65 Å². The highest BCUT2D eigenvalue weighted by Crippen LogP contribution is 2.30. The van der Waals surface area contributed by atoms with Gasteiger partial charge in [-0.1, -0.05) is 18.2 Å². The predicted octanol–water partition coefficient (Wildman–Crippen LogP) is 3.21. The number of halogens is 2. The predicted molar refractivity (Wildman–Crippen MR) is 77.6 cm³/mol. The van der Waals surface area contributed by atoms with E-state index < -0.39 is 5.92 Å². The summed E-state index contributed by atoms with van der Waals surface area (Å²) in [5.41, 5.74) is 9.34. The number of alkyl halides is 2. The van der Waals surface area contributed by atoms with Gasteiger partial charge in [0.05, 0.1) is 5.69 Å². The molecule has 0 unspecified atom stereocenters. The van der Waals surface area contributed by atoms with Gasteiger partial charge in [0.15, 0.2) is 5.52 Å². The van der Waals surface area contributed by atoms with Gasteiger partial charge in [-0.15, -0.1) is 0 Å². The Labute approximate surface area is 125 Å². The van der Waals surface area contributed by atoms with Crippen LogP contribution in [0.2, 0.25) is 0 Å². The Morgan fingerprint density at radius 1 is 1.27 bits per heavy atom. The summed E-state index contributed by atoms with van der Waals surface area (Å²) in [5, 5.41) is 7.38. The molecule has 22 heavy (non-hydrogen) atoms. The second-order valence-corrected chi connectivity index (χ2v) is 5.29. The van der Waals surface area contributed by atoms with Crippen molar-refractivity contribution in [2.24, 2.45) is 0 Å². The van der Waals surface area contributed by atoms with Gasteiger partial charge in [-0.2, -0.15) is 0 Å². The molecule has 7 heteroatoms. The van der Waals surface area contributed by atoms with E-state index in [1.165, 1.54) is 12.1 Å². The average molecular weight is 304 g/mol. The number of rotatable bonds is 3. The second-order valence-electron chi connectivity index (χ2n) is 5.29. The summed E-state index contributed by atoms with van der Waals surface area (Å²) in [6.07, 6.45) is 0.386. The van der Waals surface area contributed by atoms with Gasteiger partial charge in [0.25, 0.3) is 5.92 Å². The number of nitrogen functional groups attached to an aromatic ring is 1. The van der Waals surface area contributed by atoms with Crippen LogP contribution in [0.1, 0.15) is 29.3 Å². The molecule has 0 aliphatic rings. The summed E-state index contributed by atoms with van der Waals surface area (Å²) < 4.78 is 31.5. The molecule has 0 saturated heterocycles. The van der Waals surface area contributed by atoms with E-state index in [1.54, 1.807) is 19.1 Å². The summed E-state index contributed by atoms with van der Waals surface area (Å²) in [5.74, 6) is -2.88. The van der Waals surface area contributed by atoms with Crippen LogP contribution in [0.15, 0.2) is 28.9 Å². The molecule has 3 aromatic rings. The van der Waals surface area contributed by atoms with E-state index in [2.05, 4.69) is 19.9 Å². The van der Waals surface area contributed by atoms with Crippen LogP contribution in [0.4, 0.5) is 14.5 Å². The Bertz CT molecular complexity index is 839. The Hall–Kier alpha value is -2.57. The topological polar surface area (TPSA) is 77.8 Å². The third-order valence-electron chi connectivity index (χ3n) is 3.58. The molecule has 2 heterocycles. The number of aryl methyl sites for hydroxylation is 1. The summed E-state index contributed by atoms with van der Waals surface area (Å²) in [4.78, 5) is 4.27. The van der Waals surface area contributed by atoms with Crippen LogP contribution in [0.5, 0.6) is 0 Å². The largest absolute Gasteiger partial charge is 0.396 e. The molecule has 0 fully saturated rings. The lowest BCUT2D eigenvalue weighted by molar-refractivity contribution is 0.0174. The van der Waals surface area contributed by atoms with E-state index in [9.17, 15) is 8.78 Å². The number of fused-ring (bicyclic) bond motifs is 1. The van der Waals surface area contributed by atoms with Crippen molar-refractivity contribution in [3.63, 3.8) is 0 Å². The molecular formula is C15H14F2N4O. The lowest BCUT2D eigenvalue weighted by Crippen LogP contribution is -2.08. The minimum absolute atomic E-state index is 0.0293. The molecular weight excluding hydrogens is 290 g/mol. The number of pyridine rings is 1. The molecule has 0 atom stereocenters. The molecule has 114 valence electrons. The van der Waals surface area contributed by atoms with E-state index >= 15 is 0 Å². The fraction of sp³-hybridized carbons (Fsp3) is 0.267. The molecule has 0 spiro atoms. The lowest BCUT2D eigenvalue weighted by Gasteiger charge is -2.13. The maximum Gasteiger partial charge on any atom is 0.270 e. The van der Waals surface area contributed by atoms with Crippen LogP contribution in [-0.2, 0) is 12.3 Å². The minimum Gasteiger partial charge on any atom is -0.396 e. The van der Waals surface area contributed by atoms with Crippen LogP contribution in [0.25, 0.3) is 11.2 Å². The van der Waals surface area contributed by atoms with Crippen molar-refractivity contribution in [2.75, 3.05) is 5.73 Å². The number of benzene rings is 1. The molecule has 2 aromatic heterocycles. The van der Waals surface area contributed by atoms with Crippen molar-refractivity contribution in [1.82, 2.24) is 15.3 Å². The maximum absolute atomic E-state index is 13.4. The molecule has 2 N–H and O–H groups in total. The first-order chi connectivity index (χ1) is 10.4. The monoisotopic (exact) mass is 304 g/mol. The van der Waals surface area contributed by atoms with E-state index in [1.807, 2.05) is 0 Å². The second kappa shape index (κ2) is 5.01. The smallest absolute Gasteiger partial charge is 0.270 e. The van der Waals surface area contributed by atoms with Crippen LogP contribution in [-0.4, -0.2) is 15.3 Å². The number of nitrogens with zero attached hydrogens (tertiary/aromatic N) is 3. The zero-order valence-corrected chi connectivity index (χ0v) is 12.1. The van der Waals surface area contributed by atoms with Gasteiger partial charge in [0.1, 0.15) is 0 Å². The number of aromatic nitrogens is 3. The van der Waals surface area contributed by atoms with Gasteiger partial charge < -0.3 is 5.73 Å². The summed E-state index contributed by atoms with van der Waals surface area (Å²) in [7, 11) is 0. The van der Waals surface area contributed by atoms with Gasteiger partial charge >= 0.3 is 0 Å². The molecule has 0 amide bonds. The SMILES string of the molecule is Cc1nc2nonc2c(N)c1Cc1cccc(C(C)(F)F)c1. The normalized spacial score (nSPS) is 12.0. The molecule has 0 saturated carbocycles. The molecule has 0 bridgehead atoms. The van der Waals surface area contributed by atoms with Gasteiger partial charge in [-0.3, -0.25) is 0 Å². The zero-order chi connectivity index (χ0) is 15.9. The standard InChI is InChI=1S/C15H14F2N4O/c1-8-11(12(18)13-14(19-8)21-22-20-13)7-9-4-3-5-10(6-9)15(2,16)17/h3-6H,7,18H2,1-2H3. The van der Waals surface area contributed by atoms with Crippen molar-refractivity contribution in [3.05, 3.63) is 46.6 Å². The Kier molecular flexibility index (Phi) is 3.27. The average Bonchev–Trinajstić information content (AvgIpc) is 2.91. The van der Waals surface area contributed by atoms with E-state index in [-0.39, 0.29) is 5.56 Å². The molecule has 0 radical (unpaired) electrons. The lowest BCUT2D eigenvalue weighted by atomic mass is 9.98. The first kappa shape index (κ1) is 14.4. The fourth-order valence-corrected chi connectivity index (χ4v) is 2.37. The quantitative estimate of drug-likeness (QED) is 0.804. The third-order valence-corrected chi connectivity index (χ3v) is 3.58. The Morgan fingerprint density at radius 3 is 2.77 bits per heavy atom. The fourth-order valence-electron chi connectivity index (χ4n) is 2.37. The number of anilines is 1. The number of hydrogen-bond donors (Lipinski definition) is 1. The highest BCUT2D eigenvalue weighted by atomic mass is 19.3. The number of hydrogen-bond acceptors (Lipinski definition) is 5. The number of nitrogens with two attached hydrogens (primary N) is 1. The summed E-state index contributed by atoms with van der Waals surface area (Å²) in [6.45, 7) is 2.67. The van der Waals surface area contributed by atoms with E-state index in [4.69, 9.17) is 5.73 Å². The molecule has 5 nitrogen and oxygen atoms in total. The van der Waals surface area contributed by atoms with Crippen molar-refractivity contribution in [3.8, 4) is 0 Å². The maximum atomic E-state index is 13.4. The van der Waals surface area contributed by atoms with Gasteiger partial charge in [-0.25, -0.2) is 18.4 Å². The Morgan fingerprint density at radius 2 is 2.05 bits per heavy atom. The van der Waals surface area contributed by atoms with Gasteiger partial charge in [-0.05, 0) is 28.9 Å². The zero-order valence-electron chi connectivity index (χ0n) is 12.1. The summed E-state index contributed by atoms with van der Waals surface area (Å²) >= 11 is 0. The van der Waals surface area contributed by atoms with Crippen molar-refractivity contribution in [2.45, 2.75) is 26.2 Å². The molecule has 0 aliphatic carbocycles. The van der Waals surface area contributed by atoms with Crippen LogP contribution < -0.4 is 5.73 Å². The molecule has 3 rings (SSSR count). The van der Waals surface area contributed by atoms with E-state index in [0.717, 1.165) is 18.1 Å². The summed E-state index contributed by atoms with van der Waals surface area (Å²) in [6, 6.07) is 6.27. The first-order valence-electron chi connectivity index (χ1n) is 6.70. The Balaban J connectivity index is 2.03. The van der Waals surface area contributed by atoms with E-state index in [0.29, 0.717) is 29.0 Å². The van der Waals surface area contributed by atoms with Crippen LogP contribution in [0, 0.1) is 6.92 Å². The van der Waals surface area contributed by atoms with Crippen LogP contribution in [0.3, 0.4) is 0 Å². The van der Waals surface area contributed by atoms with Crippen LogP contribution >= 0.6 is 0 Å². The molecule has 1 aromatic carbocycles. The van der Waals surface area contributed by atoms with Gasteiger partial charge in [0, 0.05) is 30.2 Å². The van der Waals surface area contributed by atoms with Crippen molar-refractivity contribution < 1.29 is 13.4 Å². The highest BCUT2D eigenvalue weighted by molar-refractivity contribution is 5.85.